The lowest BCUT2D eigenvalue weighted by Gasteiger charge is -2.14. The Morgan fingerprint density at radius 3 is 2.10 bits per heavy atom. The van der Waals surface area contributed by atoms with Gasteiger partial charge in [0.05, 0.1) is 15.0 Å². The first-order valence-corrected chi connectivity index (χ1v) is 11.3. The highest BCUT2D eigenvalue weighted by atomic mass is 79.9. The van der Waals surface area contributed by atoms with Crippen LogP contribution in [0.15, 0.2) is 86.4 Å². The van der Waals surface area contributed by atoms with Gasteiger partial charge in [-0.1, -0.05) is 42.5 Å². The van der Waals surface area contributed by atoms with Crippen molar-refractivity contribution in [3.63, 3.8) is 0 Å². The molecule has 0 unspecified atom stereocenters. The van der Waals surface area contributed by atoms with Crippen LogP contribution in [0.5, 0.6) is 5.75 Å². The number of hydrogen-bond donors (Lipinski definition) is 0. The number of esters is 1. The number of nitrogens with zero attached hydrogens (tertiary/aromatic N) is 1. The molecule has 0 aromatic heterocycles. The van der Waals surface area contributed by atoms with Crippen LogP contribution in [-0.4, -0.2) is 18.0 Å². The maximum Gasteiger partial charge on any atom is 0.363 e. The predicted octanol–water partition coefficient (Wildman–Crippen LogP) is 7.01. The van der Waals surface area contributed by atoms with E-state index in [1.807, 2.05) is 68.4 Å². The number of rotatable bonds is 5. The zero-order chi connectivity index (χ0) is 22.0. The summed E-state index contributed by atoms with van der Waals surface area (Å²) < 4.78 is 12.8. The predicted molar refractivity (Wildman–Crippen MR) is 130 cm³/mol. The van der Waals surface area contributed by atoms with E-state index in [1.54, 1.807) is 6.08 Å². The lowest BCUT2D eigenvalue weighted by atomic mass is 10.0. The minimum atomic E-state index is -0.475. The second kappa shape index (κ2) is 9.20. The molecule has 1 aliphatic rings. The van der Waals surface area contributed by atoms with Gasteiger partial charge in [-0.3, -0.25) is 0 Å². The van der Waals surface area contributed by atoms with Crippen LogP contribution in [0.25, 0.3) is 17.2 Å². The summed E-state index contributed by atoms with van der Waals surface area (Å²) in [6, 6.07) is 21.6. The van der Waals surface area contributed by atoms with Crippen LogP contribution in [0.2, 0.25) is 0 Å². The average molecular weight is 541 g/mol. The number of halogens is 2. The summed E-state index contributed by atoms with van der Waals surface area (Å²) in [6.45, 7) is 3.93. The molecule has 0 spiro atoms. The molecule has 0 amide bonds. The van der Waals surface area contributed by atoms with Gasteiger partial charge in [0.15, 0.2) is 5.70 Å². The zero-order valence-electron chi connectivity index (χ0n) is 16.9. The molecule has 0 N–H and O–H groups in total. The first-order chi connectivity index (χ1) is 14.9. The average Bonchev–Trinajstić information content (AvgIpc) is 3.11. The fourth-order valence-electron chi connectivity index (χ4n) is 3.14. The molecule has 3 aromatic carbocycles. The second-order valence-electron chi connectivity index (χ2n) is 7.26. The highest BCUT2D eigenvalue weighted by molar-refractivity contribution is 9.11. The maximum absolute atomic E-state index is 12.4. The van der Waals surface area contributed by atoms with Crippen molar-refractivity contribution in [1.29, 1.82) is 0 Å². The number of cyclic esters (lactones) is 1. The summed E-state index contributed by atoms with van der Waals surface area (Å²) in [4.78, 5) is 16.8. The van der Waals surface area contributed by atoms with Gasteiger partial charge in [0.1, 0.15) is 5.75 Å². The zero-order valence-corrected chi connectivity index (χ0v) is 20.1. The van der Waals surface area contributed by atoms with Crippen molar-refractivity contribution < 1.29 is 14.3 Å². The molecule has 0 saturated carbocycles. The van der Waals surface area contributed by atoms with Gasteiger partial charge in [-0.2, -0.15) is 0 Å². The quantitative estimate of drug-likeness (QED) is 0.258. The summed E-state index contributed by atoms with van der Waals surface area (Å²) in [6.07, 6.45) is 1.74. The molecule has 0 radical (unpaired) electrons. The van der Waals surface area contributed by atoms with E-state index in [2.05, 4.69) is 49.0 Å². The van der Waals surface area contributed by atoms with Crippen molar-refractivity contribution in [3.05, 3.63) is 92.5 Å². The normalized spacial score (nSPS) is 14.7. The molecule has 0 atom stereocenters. The van der Waals surface area contributed by atoms with Crippen LogP contribution in [0, 0.1) is 0 Å². The van der Waals surface area contributed by atoms with Crippen LogP contribution in [0.4, 0.5) is 0 Å². The van der Waals surface area contributed by atoms with Crippen molar-refractivity contribution in [2.24, 2.45) is 4.99 Å². The third-order valence-corrected chi connectivity index (χ3v) is 5.72. The Kier molecular flexibility index (Phi) is 6.39. The van der Waals surface area contributed by atoms with E-state index in [9.17, 15) is 4.79 Å². The summed E-state index contributed by atoms with van der Waals surface area (Å²) in [5, 5.41) is 0. The van der Waals surface area contributed by atoms with Crippen LogP contribution in [0.3, 0.4) is 0 Å². The van der Waals surface area contributed by atoms with Gasteiger partial charge in [-0.25, -0.2) is 9.79 Å². The fourth-order valence-corrected chi connectivity index (χ4v) is 4.55. The van der Waals surface area contributed by atoms with E-state index < -0.39 is 5.97 Å². The number of benzene rings is 3. The molecule has 0 aliphatic carbocycles. The van der Waals surface area contributed by atoms with E-state index in [0.29, 0.717) is 11.6 Å². The van der Waals surface area contributed by atoms with Gasteiger partial charge in [-0.05, 0) is 92.7 Å². The third kappa shape index (κ3) is 4.97. The monoisotopic (exact) mass is 539 g/mol. The van der Waals surface area contributed by atoms with Gasteiger partial charge < -0.3 is 9.47 Å². The van der Waals surface area contributed by atoms with Crippen molar-refractivity contribution in [2.45, 2.75) is 20.0 Å². The van der Waals surface area contributed by atoms with Crippen molar-refractivity contribution in [3.8, 4) is 16.9 Å². The van der Waals surface area contributed by atoms with Crippen LogP contribution < -0.4 is 4.74 Å². The maximum atomic E-state index is 12.4. The summed E-state index contributed by atoms with van der Waals surface area (Å²) in [5.74, 6) is 0.541. The van der Waals surface area contributed by atoms with E-state index in [0.717, 1.165) is 31.2 Å². The standard InChI is InChI=1S/C25H19Br2NO3/c1-15(2)30-23-20(26)12-16(13-21(23)27)14-22-25(29)31-24(28-22)19-10-8-18(9-11-19)17-6-4-3-5-7-17/h3-15H,1-2H3/b22-14-. The Morgan fingerprint density at radius 2 is 1.48 bits per heavy atom. The van der Waals surface area contributed by atoms with E-state index >= 15 is 0 Å². The molecule has 0 fully saturated rings. The lowest BCUT2D eigenvalue weighted by Crippen LogP contribution is -2.06. The number of carbonyl (C=O) groups is 1. The van der Waals surface area contributed by atoms with Crippen LogP contribution in [0.1, 0.15) is 25.0 Å². The largest absolute Gasteiger partial charge is 0.489 e. The van der Waals surface area contributed by atoms with Gasteiger partial charge in [0.2, 0.25) is 5.90 Å². The molecular weight excluding hydrogens is 522 g/mol. The van der Waals surface area contributed by atoms with E-state index in [-0.39, 0.29) is 11.8 Å². The van der Waals surface area contributed by atoms with Crippen LogP contribution in [-0.2, 0) is 9.53 Å². The minimum absolute atomic E-state index is 0.0436. The van der Waals surface area contributed by atoms with Crippen molar-refractivity contribution >= 4 is 49.8 Å². The first-order valence-electron chi connectivity index (χ1n) is 9.75. The molecule has 6 heteroatoms. The highest BCUT2D eigenvalue weighted by Gasteiger charge is 2.24. The summed E-state index contributed by atoms with van der Waals surface area (Å²) >= 11 is 7.06. The second-order valence-corrected chi connectivity index (χ2v) is 8.97. The van der Waals surface area contributed by atoms with Crippen molar-refractivity contribution in [1.82, 2.24) is 0 Å². The summed E-state index contributed by atoms with van der Waals surface area (Å²) in [7, 11) is 0. The molecular formula is C25H19Br2NO3. The molecule has 3 aromatic rings. The van der Waals surface area contributed by atoms with Crippen LogP contribution >= 0.6 is 31.9 Å². The van der Waals surface area contributed by atoms with Crippen molar-refractivity contribution in [2.75, 3.05) is 0 Å². The number of carbonyl (C=O) groups excluding carboxylic acids is 1. The number of aliphatic imine (C=N–C) groups is 1. The third-order valence-electron chi connectivity index (χ3n) is 4.54. The van der Waals surface area contributed by atoms with Gasteiger partial charge >= 0.3 is 5.97 Å². The molecule has 4 nitrogen and oxygen atoms in total. The molecule has 0 bridgehead atoms. The molecule has 31 heavy (non-hydrogen) atoms. The Hall–Kier alpha value is -2.70. The molecule has 4 rings (SSSR count). The minimum Gasteiger partial charge on any atom is -0.489 e. The van der Waals surface area contributed by atoms with Gasteiger partial charge in [0, 0.05) is 5.56 Å². The fraction of sp³-hybridized carbons (Fsp3) is 0.120. The van der Waals surface area contributed by atoms with Gasteiger partial charge in [-0.15, -0.1) is 0 Å². The van der Waals surface area contributed by atoms with E-state index in [4.69, 9.17) is 9.47 Å². The Labute approximate surface area is 197 Å². The number of ether oxygens (including phenoxy) is 2. The Bertz CT molecular complexity index is 1160. The molecule has 1 aliphatic heterocycles. The SMILES string of the molecule is CC(C)Oc1c(Br)cc(/C=C2\N=C(c3ccc(-c4ccccc4)cc3)OC2=O)cc1Br. The molecule has 156 valence electrons. The topological polar surface area (TPSA) is 47.9 Å². The summed E-state index contributed by atoms with van der Waals surface area (Å²) in [5.41, 5.74) is 4.01. The lowest BCUT2D eigenvalue weighted by molar-refractivity contribution is -0.129. The number of hydrogen-bond acceptors (Lipinski definition) is 4. The smallest absolute Gasteiger partial charge is 0.363 e. The Morgan fingerprint density at radius 1 is 0.903 bits per heavy atom. The first kappa shape index (κ1) is 21.5. The van der Waals surface area contributed by atoms with E-state index in [1.165, 1.54) is 0 Å². The highest BCUT2D eigenvalue weighted by Crippen LogP contribution is 2.36. The molecule has 0 saturated heterocycles. The Balaban J connectivity index is 1.59. The molecule has 1 heterocycles. The van der Waals surface area contributed by atoms with Gasteiger partial charge in [0.25, 0.3) is 0 Å².